The second kappa shape index (κ2) is 8.52. The SMILES string of the molecule is C[C@@H]1CN(S(=O)(=O)c2ccc(C(C)(C)C)cc2)C[C@H](C)N1C(=O)Cc1ccccc1. The summed E-state index contributed by atoms with van der Waals surface area (Å²) in [6.07, 6.45) is 0.330. The van der Waals surface area contributed by atoms with E-state index in [0.717, 1.165) is 11.1 Å². The summed E-state index contributed by atoms with van der Waals surface area (Å²) < 4.78 is 28.0. The molecule has 3 rings (SSSR count). The van der Waals surface area contributed by atoms with Gasteiger partial charge in [0.25, 0.3) is 0 Å². The van der Waals surface area contributed by atoms with Crippen molar-refractivity contribution >= 4 is 15.9 Å². The summed E-state index contributed by atoms with van der Waals surface area (Å²) in [7, 11) is -3.60. The third-order valence-corrected chi connectivity index (χ3v) is 7.58. The Morgan fingerprint density at radius 3 is 1.97 bits per heavy atom. The van der Waals surface area contributed by atoms with E-state index >= 15 is 0 Å². The van der Waals surface area contributed by atoms with Gasteiger partial charge in [-0.05, 0) is 42.5 Å². The van der Waals surface area contributed by atoms with Gasteiger partial charge in [-0.3, -0.25) is 4.79 Å². The minimum Gasteiger partial charge on any atom is -0.334 e. The number of hydrogen-bond donors (Lipinski definition) is 0. The molecule has 1 fully saturated rings. The molecule has 0 radical (unpaired) electrons. The minimum absolute atomic E-state index is 0.0317. The van der Waals surface area contributed by atoms with E-state index in [1.165, 1.54) is 4.31 Å². The number of piperazine rings is 1. The fourth-order valence-electron chi connectivity index (χ4n) is 4.10. The van der Waals surface area contributed by atoms with Crippen LogP contribution in [0.5, 0.6) is 0 Å². The molecular formula is C24H32N2O3S. The maximum Gasteiger partial charge on any atom is 0.243 e. The van der Waals surface area contributed by atoms with Crippen molar-refractivity contribution in [3.05, 3.63) is 65.7 Å². The highest BCUT2D eigenvalue weighted by Gasteiger charge is 2.38. The standard InChI is InChI=1S/C24H32N2O3S/c1-18-16-25(30(28,29)22-13-11-21(12-14-22)24(3,4)5)17-19(2)26(18)23(27)15-20-9-7-6-8-10-20/h6-14,18-19H,15-17H2,1-5H3/t18-,19+. The van der Waals surface area contributed by atoms with Gasteiger partial charge in [0.05, 0.1) is 11.3 Å². The van der Waals surface area contributed by atoms with Gasteiger partial charge in [0, 0.05) is 25.2 Å². The number of benzene rings is 2. The van der Waals surface area contributed by atoms with Crippen LogP contribution in [0.1, 0.15) is 45.7 Å². The van der Waals surface area contributed by atoms with Gasteiger partial charge in [-0.25, -0.2) is 8.42 Å². The van der Waals surface area contributed by atoms with Crippen molar-refractivity contribution in [1.29, 1.82) is 0 Å². The highest BCUT2D eigenvalue weighted by Crippen LogP contribution is 2.27. The highest BCUT2D eigenvalue weighted by molar-refractivity contribution is 7.89. The number of carbonyl (C=O) groups is 1. The lowest BCUT2D eigenvalue weighted by atomic mass is 9.87. The number of hydrogen-bond acceptors (Lipinski definition) is 3. The molecule has 1 aliphatic heterocycles. The highest BCUT2D eigenvalue weighted by atomic mass is 32.2. The molecule has 162 valence electrons. The molecule has 0 spiro atoms. The molecule has 1 heterocycles. The molecular weight excluding hydrogens is 396 g/mol. The number of sulfonamides is 1. The van der Waals surface area contributed by atoms with Crippen molar-refractivity contribution in [3.63, 3.8) is 0 Å². The Morgan fingerprint density at radius 2 is 1.47 bits per heavy atom. The van der Waals surface area contributed by atoms with E-state index in [2.05, 4.69) is 20.8 Å². The number of nitrogens with zero attached hydrogens (tertiary/aromatic N) is 2. The van der Waals surface area contributed by atoms with Gasteiger partial charge in [-0.15, -0.1) is 0 Å². The predicted molar refractivity (Wildman–Crippen MR) is 120 cm³/mol. The first-order valence-corrected chi connectivity index (χ1v) is 11.9. The van der Waals surface area contributed by atoms with E-state index < -0.39 is 10.0 Å². The van der Waals surface area contributed by atoms with Gasteiger partial charge in [-0.2, -0.15) is 4.31 Å². The first kappa shape index (κ1) is 22.5. The molecule has 1 amide bonds. The van der Waals surface area contributed by atoms with Crippen molar-refractivity contribution in [1.82, 2.24) is 9.21 Å². The molecule has 1 aliphatic rings. The van der Waals surface area contributed by atoms with Gasteiger partial charge in [0.15, 0.2) is 0 Å². The summed E-state index contributed by atoms with van der Waals surface area (Å²) >= 11 is 0. The zero-order valence-corrected chi connectivity index (χ0v) is 19.3. The molecule has 5 nitrogen and oxygen atoms in total. The van der Waals surface area contributed by atoms with E-state index in [1.807, 2.05) is 61.2 Å². The van der Waals surface area contributed by atoms with E-state index in [-0.39, 0.29) is 23.4 Å². The molecule has 2 aromatic rings. The Hall–Kier alpha value is -2.18. The molecule has 1 saturated heterocycles. The van der Waals surface area contributed by atoms with Crippen LogP contribution in [0.15, 0.2) is 59.5 Å². The first-order chi connectivity index (χ1) is 14.0. The Balaban J connectivity index is 1.74. The van der Waals surface area contributed by atoms with E-state index in [4.69, 9.17) is 0 Å². The van der Waals surface area contributed by atoms with Crippen LogP contribution in [0.4, 0.5) is 0 Å². The van der Waals surface area contributed by atoms with Gasteiger partial charge in [0.1, 0.15) is 0 Å². The van der Waals surface area contributed by atoms with Crippen LogP contribution in [-0.4, -0.2) is 48.7 Å². The lowest BCUT2D eigenvalue weighted by molar-refractivity contribution is -0.137. The molecule has 0 N–H and O–H groups in total. The van der Waals surface area contributed by atoms with Gasteiger partial charge in [-0.1, -0.05) is 63.2 Å². The summed E-state index contributed by atoms with van der Waals surface area (Å²) in [5.74, 6) is 0.0350. The van der Waals surface area contributed by atoms with E-state index in [0.29, 0.717) is 24.4 Å². The summed E-state index contributed by atoms with van der Waals surface area (Å²) in [6.45, 7) is 10.7. The lowest BCUT2D eigenvalue weighted by Gasteiger charge is -2.44. The summed E-state index contributed by atoms with van der Waals surface area (Å²) in [6, 6.07) is 16.4. The van der Waals surface area contributed by atoms with Crippen LogP contribution in [0, 0.1) is 0 Å². The average molecular weight is 429 g/mol. The van der Waals surface area contributed by atoms with Gasteiger partial charge < -0.3 is 4.90 Å². The first-order valence-electron chi connectivity index (χ1n) is 10.5. The Bertz CT molecular complexity index is 967. The average Bonchev–Trinajstić information content (AvgIpc) is 2.67. The quantitative estimate of drug-likeness (QED) is 0.744. The third-order valence-electron chi connectivity index (χ3n) is 5.73. The van der Waals surface area contributed by atoms with Crippen LogP contribution in [0.3, 0.4) is 0 Å². The van der Waals surface area contributed by atoms with Crippen LogP contribution in [0.2, 0.25) is 0 Å². The van der Waals surface area contributed by atoms with Crippen molar-refractivity contribution in [2.45, 2.75) is 63.4 Å². The molecule has 30 heavy (non-hydrogen) atoms. The largest absolute Gasteiger partial charge is 0.334 e. The zero-order valence-electron chi connectivity index (χ0n) is 18.5. The fourth-order valence-corrected chi connectivity index (χ4v) is 5.70. The van der Waals surface area contributed by atoms with E-state index in [9.17, 15) is 13.2 Å². The Morgan fingerprint density at radius 1 is 0.933 bits per heavy atom. The molecule has 0 bridgehead atoms. The second-order valence-electron chi connectivity index (χ2n) is 9.26. The Labute approximate surface area is 180 Å². The molecule has 6 heteroatoms. The summed E-state index contributed by atoms with van der Waals surface area (Å²) in [5.41, 5.74) is 2.03. The van der Waals surface area contributed by atoms with Crippen LogP contribution < -0.4 is 0 Å². The zero-order chi connectivity index (χ0) is 22.1. The maximum absolute atomic E-state index is 13.2. The maximum atomic E-state index is 13.2. The number of carbonyl (C=O) groups excluding carboxylic acids is 1. The fraction of sp³-hybridized carbons (Fsp3) is 0.458. The topological polar surface area (TPSA) is 57.7 Å². The molecule has 0 aliphatic carbocycles. The normalized spacial score (nSPS) is 20.9. The number of rotatable bonds is 4. The third kappa shape index (κ3) is 4.76. The van der Waals surface area contributed by atoms with Crippen molar-refractivity contribution < 1.29 is 13.2 Å². The predicted octanol–water partition coefficient (Wildman–Crippen LogP) is 3.84. The van der Waals surface area contributed by atoms with Crippen LogP contribution >= 0.6 is 0 Å². The van der Waals surface area contributed by atoms with Crippen molar-refractivity contribution in [3.8, 4) is 0 Å². The van der Waals surface area contributed by atoms with Crippen LogP contribution in [-0.2, 0) is 26.7 Å². The molecule has 0 unspecified atom stereocenters. The molecule has 2 atom stereocenters. The van der Waals surface area contributed by atoms with Gasteiger partial charge in [0.2, 0.25) is 15.9 Å². The molecule has 2 aromatic carbocycles. The second-order valence-corrected chi connectivity index (χ2v) is 11.2. The van der Waals surface area contributed by atoms with Gasteiger partial charge >= 0.3 is 0 Å². The number of amides is 1. The molecule has 0 saturated carbocycles. The monoisotopic (exact) mass is 428 g/mol. The lowest BCUT2D eigenvalue weighted by Crippen LogP contribution is -2.60. The van der Waals surface area contributed by atoms with Crippen LogP contribution in [0.25, 0.3) is 0 Å². The van der Waals surface area contributed by atoms with Crippen molar-refractivity contribution in [2.75, 3.05) is 13.1 Å². The Kier molecular flexibility index (Phi) is 6.39. The van der Waals surface area contributed by atoms with E-state index in [1.54, 1.807) is 12.1 Å². The minimum atomic E-state index is -3.60. The van der Waals surface area contributed by atoms with Crippen molar-refractivity contribution in [2.24, 2.45) is 0 Å². The summed E-state index contributed by atoms with van der Waals surface area (Å²) in [5, 5.41) is 0. The summed E-state index contributed by atoms with van der Waals surface area (Å²) in [4.78, 5) is 15.0. The smallest absolute Gasteiger partial charge is 0.243 e. The molecule has 0 aromatic heterocycles.